The maximum atomic E-state index is 13.7. The van der Waals surface area contributed by atoms with Gasteiger partial charge >= 0.3 is 11.9 Å². The molecule has 9 nitrogen and oxygen atoms in total. The minimum atomic E-state index is -1.35. The van der Waals surface area contributed by atoms with E-state index in [9.17, 15) is 19.5 Å². The van der Waals surface area contributed by atoms with E-state index in [0.29, 0.717) is 25.7 Å². The fourth-order valence-electron chi connectivity index (χ4n) is 8.51. The van der Waals surface area contributed by atoms with Crippen LogP contribution in [0.5, 0.6) is 0 Å². The highest BCUT2D eigenvalue weighted by atomic mass is 16.6. The summed E-state index contributed by atoms with van der Waals surface area (Å²) in [5, 5.41) is 14.1. The number of nitrogens with one attached hydrogen (secondary N) is 1. The standard InChI is InChI=1S/C65H116N2O7/c1-7-10-13-16-19-22-25-28-31-34-37-40-43-46-49-53-61(68)66-65(60-74-64(71)56-52-57-67(4,5)6,58-72-62(69)54-50-47-44-41-38-35-32-29-26-23-20-17-14-11-8-2)59-73-63(70)55-51-48-45-42-39-36-33-30-27-24-21-18-15-12-9-3/h19-24,28-33,64,71H,7-18,25-27,34-60H2,1-6H3/p+1/b22-19-,23-20-,24-21-,31-28-,32-29-,33-30-. The first-order valence-corrected chi connectivity index (χ1v) is 30.6. The monoisotopic (exact) mass is 1040 g/mol. The Morgan fingerprint density at radius 1 is 0.432 bits per heavy atom. The molecule has 1 atom stereocenters. The fourth-order valence-corrected chi connectivity index (χ4v) is 8.51. The van der Waals surface area contributed by atoms with Crippen LogP contribution in [-0.4, -0.2) is 86.8 Å². The first-order valence-electron chi connectivity index (χ1n) is 30.6. The molecule has 0 aromatic carbocycles. The van der Waals surface area contributed by atoms with Crippen molar-refractivity contribution in [3.8, 4) is 0 Å². The normalized spacial score (nSPS) is 13.0. The smallest absolute Gasteiger partial charge is 0.305 e. The third kappa shape index (κ3) is 52.2. The molecular formula is C65H117N2O7+. The molecular weight excluding hydrogens is 921 g/mol. The molecule has 0 aromatic rings. The molecule has 428 valence electrons. The van der Waals surface area contributed by atoms with Gasteiger partial charge in [-0.1, -0.05) is 190 Å². The molecule has 1 unspecified atom stereocenters. The van der Waals surface area contributed by atoms with Crippen molar-refractivity contribution < 1.29 is 38.2 Å². The van der Waals surface area contributed by atoms with Crippen LogP contribution >= 0.6 is 0 Å². The number of aliphatic hydroxyl groups excluding tert-OH is 1. The van der Waals surface area contributed by atoms with E-state index >= 15 is 0 Å². The van der Waals surface area contributed by atoms with Gasteiger partial charge in [-0.3, -0.25) is 14.4 Å². The number of carbonyl (C=O) groups excluding carboxylic acids is 3. The predicted molar refractivity (Wildman–Crippen MR) is 315 cm³/mol. The van der Waals surface area contributed by atoms with Crippen molar-refractivity contribution in [2.45, 2.75) is 277 Å². The molecule has 9 heteroatoms. The second kappa shape index (κ2) is 53.1. The van der Waals surface area contributed by atoms with Crippen molar-refractivity contribution in [3.05, 3.63) is 72.9 Å². The molecule has 1 amide bonds. The molecule has 0 saturated heterocycles. The van der Waals surface area contributed by atoms with Gasteiger partial charge in [-0.15, -0.1) is 0 Å². The van der Waals surface area contributed by atoms with Gasteiger partial charge in [0.05, 0.1) is 34.3 Å². The van der Waals surface area contributed by atoms with Crippen molar-refractivity contribution >= 4 is 17.8 Å². The lowest BCUT2D eigenvalue weighted by atomic mass is 10.0. The second-order valence-corrected chi connectivity index (χ2v) is 22.0. The minimum Gasteiger partial charge on any atom is -0.463 e. The molecule has 2 N–H and O–H groups in total. The Kier molecular flexibility index (Phi) is 50.8. The zero-order chi connectivity index (χ0) is 54.3. The van der Waals surface area contributed by atoms with Crippen LogP contribution in [0.2, 0.25) is 0 Å². The van der Waals surface area contributed by atoms with Crippen LogP contribution in [-0.2, 0) is 28.6 Å². The number of rotatable bonds is 54. The summed E-state index contributed by atoms with van der Waals surface area (Å²) in [5.41, 5.74) is -1.35. The van der Waals surface area contributed by atoms with E-state index in [2.05, 4.69) is 120 Å². The van der Waals surface area contributed by atoms with Crippen LogP contribution in [0.3, 0.4) is 0 Å². The lowest BCUT2D eigenvalue weighted by Crippen LogP contribution is -2.59. The molecule has 0 heterocycles. The molecule has 0 aliphatic carbocycles. The number of hydrogen-bond acceptors (Lipinski definition) is 7. The number of esters is 2. The minimum absolute atomic E-state index is 0.166. The van der Waals surface area contributed by atoms with Gasteiger partial charge in [0.2, 0.25) is 5.91 Å². The maximum absolute atomic E-state index is 13.7. The number of quaternary nitrogens is 1. The Balaban J connectivity index is 5.43. The highest BCUT2D eigenvalue weighted by Crippen LogP contribution is 2.18. The summed E-state index contributed by atoms with van der Waals surface area (Å²) in [5.74, 6) is -0.931. The van der Waals surface area contributed by atoms with Crippen LogP contribution in [0.15, 0.2) is 72.9 Å². The van der Waals surface area contributed by atoms with E-state index < -0.39 is 11.8 Å². The lowest BCUT2D eigenvalue weighted by molar-refractivity contribution is -0.870. The van der Waals surface area contributed by atoms with Crippen LogP contribution in [0, 0.1) is 0 Å². The molecule has 0 spiro atoms. The number of nitrogens with zero attached hydrogens (tertiary/aromatic N) is 1. The average molecular weight is 1040 g/mol. The summed E-state index contributed by atoms with van der Waals surface area (Å²) < 4.78 is 18.6. The van der Waals surface area contributed by atoms with E-state index in [-0.39, 0.29) is 56.9 Å². The quantitative estimate of drug-likeness (QED) is 0.0205. The first-order chi connectivity index (χ1) is 36.0. The maximum Gasteiger partial charge on any atom is 0.305 e. The summed E-state index contributed by atoms with van der Waals surface area (Å²) in [6.45, 7) is 6.95. The summed E-state index contributed by atoms with van der Waals surface area (Å²) in [6.07, 6.45) is 64.2. The molecule has 74 heavy (non-hydrogen) atoms. The van der Waals surface area contributed by atoms with Crippen molar-refractivity contribution in [2.75, 3.05) is 47.5 Å². The van der Waals surface area contributed by atoms with Gasteiger partial charge in [-0.05, 0) is 116 Å². The highest BCUT2D eigenvalue weighted by molar-refractivity contribution is 5.77. The SMILES string of the molecule is CCCCC/C=C\C/C=C\CCCCCCCC(=O)NC(COC(=O)CCCCCCC/C=C\C/C=C\CCCCC)(COC(=O)CCCCCCC/C=C\C/C=C\CCCCC)COC(O)CCC[N+](C)(C)C. The first kappa shape index (κ1) is 70.7. The molecule has 0 aromatic heterocycles. The van der Waals surface area contributed by atoms with E-state index in [1.807, 2.05) is 0 Å². The Morgan fingerprint density at radius 2 is 0.757 bits per heavy atom. The number of amides is 1. The molecule has 0 aliphatic heterocycles. The molecule has 0 fully saturated rings. The van der Waals surface area contributed by atoms with Crippen molar-refractivity contribution in [1.82, 2.24) is 5.32 Å². The predicted octanol–water partition coefficient (Wildman–Crippen LogP) is 17.2. The van der Waals surface area contributed by atoms with Crippen molar-refractivity contribution in [3.63, 3.8) is 0 Å². The number of ether oxygens (including phenoxy) is 3. The van der Waals surface area contributed by atoms with E-state index in [1.54, 1.807) is 0 Å². The molecule has 0 saturated carbocycles. The lowest BCUT2D eigenvalue weighted by Gasteiger charge is -2.34. The van der Waals surface area contributed by atoms with Crippen molar-refractivity contribution in [2.24, 2.45) is 0 Å². The Morgan fingerprint density at radius 3 is 1.11 bits per heavy atom. The Hall–Kier alpha value is -3.27. The van der Waals surface area contributed by atoms with Crippen LogP contribution in [0.25, 0.3) is 0 Å². The number of carbonyl (C=O) groups is 3. The number of hydrogen-bond donors (Lipinski definition) is 2. The van der Waals surface area contributed by atoms with Crippen LogP contribution in [0.1, 0.15) is 265 Å². The molecule has 0 aliphatic rings. The highest BCUT2D eigenvalue weighted by Gasteiger charge is 2.37. The summed E-state index contributed by atoms with van der Waals surface area (Å²) >= 11 is 0. The van der Waals surface area contributed by atoms with Gasteiger partial charge in [0.1, 0.15) is 18.8 Å². The van der Waals surface area contributed by atoms with E-state index in [0.717, 1.165) is 133 Å². The number of aliphatic hydroxyl groups is 1. The summed E-state index contributed by atoms with van der Waals surface area (Å²) in [7, 11) is 6.32. The number of allylic oxidation sites excluding steroid dienone is 12. The van der Waals surface area contributed by atoms with Gasteiger partial charge in [0.25, 0.3) is 0 Å². The second-order valence-electron chi connectivity index (χ2n) is 22.0. The molecule has 0 bridgehead atoms. The fraction of sp³-hybridized carbons (Fsp3) is 0.769. The third-order valence-corrected chi connectivity index (χ3v) is 13.3. The van der Waals surface area contributed by atoms with Crippen LogP contribution in [0.4, 0.5) is 0 Å². The zero-order valence-electron chi connectivity index (χ0n) is 49.0. The number of unbranched alkanes of at least 4 members (excludes halogenated alkanes) is 24. The Labute approximate surface area is 456 Å². The van der Waals surface area contributed by atoms with Crippen LogP contribution < -0.4 is 5.32 Å². The largest absolute Gasteiger partial charge is 0.463 e. The Bertz CT molecular complexity index is 1410. The zero-order valence-corrected chi connectivity index (χ0v) is 49.0. The average Bonchev–Trinajstić information content (AvgIpc) is 3.37. The summed E-state index contributed by atoms with van der Waals surface area (Å²) in [6, 6.07) is 0. The molecule has 0 radical (unpaired) electrons. The van der Waals surface area contributed by atoms with Gasteiger partial charge in [0, 0.05) is 32.1 Å². The third-order valence-electron chi connectivity index (χ3n) is 13.3. The van der Waals surface area contributed by atoms with Gasteiger partial charge < -0.3 is 29.1 Å². The molecule has 0 rings (SSSR count). The summed E-state index contributed by atoms with van der Waals surface area (Å²) in [4.78, 5) is 40.2. The van der Waals surface area contributed by atoms with Crippen molar-refractivity contribution in [1.29, 1.82) is 0 Å². The van der Waals surface area contributed by atoms with Gasteiger partial charge in [-0.2, -0.15) is 0 Å². The topological polar surface area (TPSA) is 111 Å². The van der Waals surface area contributed by atoms with Gasteiger partial charge in [0.15, 0.2) is 6.29 Å². The van der Waals surface area contributed by atoms with Gasteiger partial charge in [-0.25, -0.2) is 0 Å². The van der Waals surface area contributed by atoms with E-state index in [1.165, 1.54) is 77.0 Å². The van der Waals surface area contributed by atoms with E-state index in [4.69, 9.17) is 14.2 Å².